The SMILES string of the molecule is Cc1ccc2c(oc3c(-c4ccc(C(C)(C)C)cc4)nccc32)c1-c1cccc[n+]1C. The molecule has 0 bridgehead atoms. The van der Waals surface area contributed by atoms with Crippen LogP contribution in [0.25, 0.3) is 44.5 Å². The third kappa shape index (κ3) is 3.21. The number of rotatable bonds is 2. The van der Waals surface area contributed by atoms with Crippen molar-refractivity contribution in [3.63, 3.8) is 0 Å². The van der Waals surface area contributed by atoms with Gasteiger partial charge >= 0.3 is 0 Å². The molecule has 2 aromatic carbocycles. The molecule has 0 aliphatic rings. The summed E-state index contributed by atoms with van der Waals surface area (Å²) in [6.45, 7) is 8.83. The molecule has 0 aliphatic heterocycles. The van der Waals surface area contributed by atoms with Crippen LogP contribution in [0, 0.1) is 6.92 Å². The highest BCUT2D eigenvalue weighted by Gasteiger charge is 2.22. The Labute approximate surface area is 183 Å². The highest BCUT2D eigenvalue weighted by Crippen LogP contribution is 2.39. The van der Waals surface area contributed by atoms with E-state index in [9.17, 15) is 0 Å². The molecule has 0 fully saturated rings. The van der Waals surface area contributed by atoms with Gasteiger partial charge in [0, 0.05) is 34.7 Å². The Morgan fingerprint density at radius 2 is 1.58 bits per heavy atom. The number of furan rings is 1. The summed E-state index contributed by atoms with van der Waals surface area (Å²) in [7, 11) is 2.07. The predicted octanol–water partition coefficient (Wildman–Crippen LogP) is 6.75. The van der Waals surface area contributed by atoms with Gasteiger partial charge in [0.1, 0.15) is 18.3 Å². The number of fused-ring (bicyclic) bond motifs is 3. The van der Waals surface area contributed by atoms with Crippen LogP contribution in [0.15, 0.2) is 77.5 Å². The molecule has 5 rings (SSSR count). The molecule has 5 aromatic rings. The topological polar surface area (TPSA) is 29.9 Å². The monoisotopic (exact) mass is 407 g/mol. The maximum absolute atomic E-state index is 6.58. The van der Waals surface area contributed by atoms with Gasteiger partial charge in [-0.2, -0.15) is 0 Å². The van der Waals surface area contributed by atoms with Gasteiger partial charge in [-0.1, -0.05) is 57.2 Å². The van der Waals surface area contributed by atoms with Crippen molar-refractivity contribution >= 4 is 21.9 Å². The van der Waals surface area contributed by atoms with Crippen molar-refractivity contribution in [2.75, 3.05) is 0 Å². The maximum Gasteiger partial charge on any atom is 0.216 e. The van der Waals surface area contributed by atoms with E-state index < -0.39 is 0 Å². The van der Waals surface area contributed by atoms with E-state index in [1.54, 1.807) is 0 Å². The summed E-state index contributed by atoms with van der Waals surface area (Å²) in [5, 5.41) is 2.22. The standard InChI is InChI=1S/C28H27N2O/c1-18-9-14-21-22-15-16-29-25(19-10-12-20(13-11-19)28(2,3)4)27(22)31-26(21)24(18)23-8-6-7-17-30(23)5/h6-17H,1-5H3/q+1. The fraction of sp³-hybridized carbons (Fsp3) is 0.214. The molecule has 0 atom stereocenters. The number of aromatic nitrogens is 2. The molecule has 3 nitrogen and oxygen atoms in total. The average molecular weight is 408 g/mol. The van der Waals surface area contributed by atoms with Crippen LogP contribution < -0.4 is 4.57 Å². The number of aryl methyl sites for hydroxylation is 2. The normalized spacial score (nSPS) is 12.0. The molecule has 0 spiro atoms. The second kappa shape index (κ2) is 7.05. The minimum Gasteiger partial charge on any atom is -0.453 e. The molecule has 0 radical (unpaired) electrons. The highest BCUT2D eigenvalue weighted by atomic mass is 16.3. The molecular weight excluding hydrogens is 380 g/mol. The van der Waals surface area contributed by atoms with Gasteiger partial charge in [-0.05, 0) is 35.6 Å². The van der Waals surface area contributed by atoms with Crippen LogP contribution in [-0.2, 0) is 12.5 Å². The molecule has 0 saturated heterocycles. The zero-order chi connectivity index (χ0) is 21.8. The molecule has 0 N–H and O–H groups in total. The lowest BCUT2D eigenvalue weighted by molar-refractivity contribution is -0.660. The van der Waals surface area contributed by atoms with Crippen LogP contribution in [0.5, 0.6) is 0 Å². The van der Waals surface area contributed by atoms with E-state index in [0.29, 0.717) is 0 Å². The van der Waals surface area contributed by atoms with E-state index in [-0.39, 0.29) is 5.41 Å². The first kappa shape index (κ1) is 19.5. The van der Waals surface area contributed by atoms with E-state index in [4.69, 9.17) is 9.40 Å². The molecule has 31 heavy (non-hydrogen) atoms. The van der Waals surface area contributed by atoms with Gasteiger partial charge in [-0.25, -0.2) is 4.57 Å². The second-order valence-electron chi connectivity index (χ2n) is 9.30. The fourth-order valence-corrected chi connectivity index (χ4v) is 4.30. The van der Waals surface area contributed by atoms with E-state index in [2.05, 4.69) is 100 Å². The lowest BCUT2D eigenvalue weighted by Crippen LogP contribution is -2.30. The first-order chi connectivity index (χ1) is 14.8. The first-order valence-corrected chi connectivity index (χ1v) is 10.7. The minimum absolute atomic E-state index is 0.120. The molecule has 3 heterocycles. The number of pyridine rings is 2. The molecule has 154 valence electrons. The number of nitrogens with zero attached hydrogens (tertiary/aromatic N) is 2. The Hall–Kier alpha value is -3.46. The van der Waals surface area contributed by atoms with Crippen molar-refractivity contribution < 1.29 is 8.98 Å². The summed E-state index contributed by atoms with van der Waals surface area (Å²) >= 11 is 0. The molecule has 0 unspecified atom stereocenters. The molecule has 0 amide bonds. The largest absolute Gasteiger partial charge is 0.453 e. The Morgan fingerprint density at radius 1 is 0.839 bits per heavy atom. The van der Waals surface area contributed by atoms with Crippen LogP contribution in [-0.4, -0.2) is 4.98 Å². The van der Waals surface area contributed by atoms with E-state index >= 15 is 0 Å². The number of benzene rings is 2. The summed E-state index contributed by atoms with van der Waals surface area (Å²) in [6, 6.07) is 21.3. The van der Waals surface area contributed by atoms with Gasteiger partial charge in [0.15, 0.2) is 11.8 Å². The lowest BCUT2D eigenvalue weighted by Gasteiger charge is -2.19. The van der Waals surface area contributed by atoms with Gasteiger partial charge in [-0.15, -0.1) is 0 Å². The predicted molar refractivity (Wildman–Crippen MR) is 127 cm³/mol. The van der Waals surface area contributed by atoms with Crippen molar-refractivity contribution in [3.8, 4) is 22.5 Å². The van der Waals surface area contributed by atoms with Gasteiger partial charge in [0.25, 0.3) is 0 Å². The van der Waals surface area contributed by atoms with E-state index in [0.717, 1.165) is 44.5 Å². The van der Waals surface area contributed by atoms with E-state index in [1.807, 2.05) is 12.3 Å². The van der Waals surface area contributed by atoms with Crippen molar-refractivity contribution in [1.82, 2.24) is 4.98 Å². The zero-order valence-corrected chi connectivity index (χ0v) is 18.7. The van der Waals surface area contributed by atoms with Crippen molar-refractivity contribution in [2.45, 2.75) is 33.1 Å². The van der Waals surface area contributed by atoms with Gasteiger partial charge < -0.3 is 4.42 Å². The molecule has 0 aliphatic carbocycles. The highest BCUT2D eigenvalue weighted by molar-refractivity contribution is 6.12. The molecule has 0 saturated carbocycles. The van der Waals surface area contributed by atoms with Crippen LogP contribution in [0.3, 0.4) is 0 Å². The Morgan fingerprint density at radius 3 is 2.29 bits per heavy atom. The third-order valence-corrected chi connectivity index (χ3v) is 6.10. The summed E-state index contributed by atoms with van der Waals surface area (Å²) in [6.07, 6.45) is 3.95. The smallest absolute Gasteiger partial charge is 0.216 e. The quantitative estimate of drug-likeness (QED) is 0.303. The average Bonchev–Trinajstić information content (AvgIpc) is 3.12. The van der Waals surface area contributed by atoms with Gasteiger partial charge in [-0.3, -0.25) is 4.98 Å². The van der Waals surface area contributed by atoms with Crippen LogP contribution in [0.2, 0.25) is 0 Å². The number of hydrogen-bond donors (Lipinski definition) is 0. The molecule has 3 heteroatoms. The molecule has 3 aromatic heterocycles. The number of hydrogen-bond acceptors (Lipinski definition) is 2. The van der Waals surface area contributed by atoms with Crippen LogP contribution in [0.4, 0.5) is 0 Å². The van der Waals surface area contributed by atoms with Crippen LogP contribution >= 0.6 is 0 Å². The molecular formula is C28H27N2O+. The minimum atomic E-state index is 0.120. The second-order valence-corrected chi connectivity index (χ2v) is 9.30. The first-order valence-electron chi connectivity index (χ1n) is 10.7. The lowest BCUT2D eigenvalue weighted by atomic mass is 9.86. The van der Waals surface area contributed by atoms with Crippen molar-refractivity contribution in [1.29, 1.82) is 0 Å². The fourth-order valence-electron chi connectivity index (χ4n) is 4.30. The Balaban J connectivity index is 1.77. The summed E-state index contributed by atoms with van der Waals surface area (Å²) in [5.41, 5.74) is 8.59. The zero-order valence-electron chi connectivity index (χ0n) is 18.7. The van der Waals surface area contributed by atoms with Crippen LogP contribution in [0.1, 0.15) is 31.9 Å². The van der Waals surface area contributed by atoms with E-state index in [1.165, 1.54) is 11.1 Å². The maximum atomic E-state index is 6.58. The Kier molecular flexibility index (Phi) is 4.44. The third-order valence-electron chi connectivity index (χ3n) is 6.10. The Bertz CT molecular complexity index is 1420. The summed E-state index contributed by atoms with van der Waals surface area (Å²) < 4.78 is 8.72. The summed E-state index contributed by atoms with van der Waals surface area (Å²) in [5.74, 6) is 0. The van der Waals surface area contributed by atoms with Crippen molar-refractivity contribution in [2.24, 2.45) is 7.05 Å². The van der Waals surface area contributed by atoms with Crippen molar-refractivity contribution in [3.05, 3.63) is 84.2 Å². The summed E-state index contributed by atoms with van der Waals surface area (Å²) in [4.78, 5) is 4.71. The van der Waals surface area contributed by atoms with Gasteiger partial charge in [0.2, 0.25) is 5.69 Å². The van der Waals surface area contributed by atoms with Gasteiger partial charge in [0.05, 0.1) is 5.56 Å².